The molecule has 0 bridgehead atoms. The zero-order valence-corrected chi connectivity index (χ0v) is 18.0. The van der Waals surface area contributed by atoms with Gasteiger partial charge in [0.25, 0.3) is 5.91 Å². The third-order valence-electron chi connectivity index (χ3n) is 4.78. The summed E-state index contributed by atoms with van der Waals surface area (Å²) in [4.78, 5) is 26.0. The van der Waals surface area contributed by atoms with Crippen molar-refractivity contribution in [2.24, 2.45) is 0 Å². The summed E-state index contributed by atoms with van der Waals surface area (Å²) in [6.07, 6.45) is 0. The molecule has 1 fully saturated rings. The highest BCUT2D eigenvalue weighted by Gasteiger charge is 2.26. The van der Waals surface area contributed by atoms with Crippen molar-refractivity contribution in [1.29, 1.82) is 0 Å². The molecule has 1 aromatic heterocycles. The number of methoxy groups -OCH3 is 1. The van der Waals surface area contributed by atoms with E-state index in [0.717, 1.165) is 23.4 Å². The number of hydrogen-bond donors (Lipinski definition) is 0. The first-order valence-corrected chi connectivity index (χ1v) is 9.93. The van der Waals surface area contributed by atoms with Crippen molar-refractivity contribution in [1.82, 2.24) is 14.9 Å². The van der Waals surface area contributed by atoms with E-state index in [-0.39, 0.29) is 16.3 Å². The number of carbonyl (C=O) groups is 1. The lowest BCUT2D eigenvalue weighted by molar-refractivity contribution is 0.0746. The van der Waals surface area contributed by atoms with Crippen molar-refractivity contribution >= 4 is 23.3 Å². The van der Waals surface area contributed by atoms with E-state index in [1.54, 1.807) is 12.0 Å². The van der Waals surface area contributed by atoms with E-state index in [1.807, 2.05) is 6.07 Å². The van der Waals surface area contributed by atoms with Crippen LogP contribution in [0.4, 0.5) is 10.2 Å². The highest BCUT2D eigenvalue weighted by Crippen LogP contribution is 2.24. The number of anilines is 1. The van der Waals surface area contributed by atoms with Crippen molar-refractivity contribution in [3.8, 4) is 0 Å². The lowest BCUT2D eigenvalue weighted by Gasteiger charge is -2.36. The second-order valence-corrected chi connectivity index (χ2v) is 8.53. The molecule has 1 amide bonds. The lowest BCUT2D eigenvalue weighted by atomic mass is 9.95. The Morgan fingerprint density at radius 2 is 1.86 bits per heavy atom. The normalized spacial score (nSPS) is 15.0. The summed E-state index contributed by atoms with van der Waals surface area (Å²) in [5, 5.41) is 0.132. The zero-order valence-electron chi connectivity index (χ0n) is 17.2. The minimum Gasteiger partial charge on any atom is -0.378 e. The molecule has 2 heterocycles. The molecule has 156 valence electrons. The van der Waals surface area contributed by atoms with Gasteiger partial charge in [-0.25, -0.2) is 14.4 Å². The van der Waals surface area contributed by atoms with Crippen LogP contribution in [0.15, 0.2) is 24.3 Å². The van der Waals surface area contributed by atoms with Crippen LogP contribution in [0.25, 0.3) is 0 Å². The molecule has 0 atom stereocenters. The molecule has 0 N–H and O–H groups in total. The first-order chi connectivity index (χ1) is 13.7. The third kappa shape index (κ3) is 5.03. The van der Waals surface area contributed by atoms with Crippen LogP contribution in [0.5, 0.6) is 0 Å². The smallest absolute Gasteiger partial charge is 0.255 e. The Balaban J connectivity index is 1.75. The topological polar surface area (TPSA) is 58.6 Å². The molecule has 1 aliphatic rings. The van der Waals surface area contributed by atoms with Crippen molar-refractivity contribution < 1.29 is 13.9 Å². The maximum atomic E-state index is 13.3. The van der Waals surface area contributed by atoms with E-state index < -0.39 is 5.82 Å². The third-order valence-corrected chi connectivity index (χ3v) is 5.09. The maximum Gasteiger partial charge on any atom is 0.255 e. The van der Waals surface area contributed by atoms with Gasteiger partial charge in [-0.05, 0) is 18.2 Å². The molecule has 1 aromatic carbocycles. The summed E-state index contributed by atoms with van der Waals surface area (Å²) < 4.78 is 18.5. The largest absolute Gasteiger partial charge is 0.378 e. The molecule has 6 nitrogen and oxygen atoms in total. The fourth-order valence-corrected chi connectivity index (χ4v) is 3.42. The molecule has 0 spiro atoms. The Morgan fingerprint density at radius 3 is 2.45 bits per heavy atom. The number of nitrogens with zero attached hydrogens (tertiary/aromatic N) is 4. The van der Waals surface area contributed by atoms with Gasteiger partial charge >= 0.3 is 0 Å². The molecule has 8 heteroatoms. The monoisotopic (exact) mass is 420 g/mol. The van der Waals surface area contributed by atoms with Crippen LogP contribution < -0.4 is 4.90 Å². The first kappa shape index (κ1) is 21.5. The van der Waals surface area contributed by atoms with E-state index in [9.17, 15) is 9.18 Å². The number of aromatic nitrogens is 2. The van der Waals surface area contributed by atoms with Crippen LogP contribution in [0.1, 0.15) is 42.6 Å². The average molecular weight is 421 g/mol. The van der Waals surface area contributed by atoms with Gasteiger partial charge in [-0.2, -0.15) is 0 Å². The first-order valence-electron chi connectivity index (χ1n) is 9.55. The summed E-state index contributed by atoms with van der Waals surface area (Å²) in [5.41, 5.74) is 0.968. The minimum absolute atomic E-state index is 0.132. The van der Waals surface area contributed by atoms with E-state index in [4.69, 9.17) is 21.3 Å². The molecule has 0 saturated carbocycles. The van der Waals surface area contributed by atoms with Gasteiger partial charge < -0.3 is 14.5 Å². The number of amides is 1. The predicted octanol–water partition coefficient (Wildman–Crippen LogP) is 3.68. The molecule has 0 radical (unpaired) electrons. The standard InChI is InChI=1S/C21H26ClFN4O2/c1-21(2,3)20-24-15(13-29-4)12-18(25-20)26-7-9-27(10-8-26)19(28)16-6-5-14(23)11-17(16)22/h5-6,11-12H,7-10,13H2,1-4H3. The fourth-order valence-electron chi connectivity index (χ4n) is 3.17. The van der Waals surface area contributed by atoms with E-state index in [0.29, 0.717) is 38.3 Å². The summed E-state index contributed by atoms with van der Waals surface area (Å²) in [6.45, 7) is 8.97. The molecule has 1 saturated heterocycles. The highest BCUT2D eigenvalue weighted by molar-refractivity contribution is 6.33. The number of piperazine rings is 1. The summed E-state index contributed by atoms with van der Waals surface area (Å²) in [6, 6.07) is 5.79. The number of halogens is 2. The number of benzene rings is 1. The summed E-state index contributed by atoms with van der Waals surface area (Å²) in [7, 11) is 1.64. The summed E-state index contributed by atoms with van der Waals surface area (Å²) in [5.74, 6) is 0.956. The average Bonchev–Trinajstić information content (AvgIpc) is 2.67. The Bertz CT molecular complexity index is 893. The predicted molar refractivity (Wildman–Crippen MR) is 111 cm³/mol. The molecular formula is C21H26ClFN4O2. The van der Waals surface area contributed by atoms with Crippen LogP contribution >= 0.6 is 11.6 Å². The Hall–Kier alpha value is -2.25. The van der Waals surface area contributed by atoms with Gasteiger partial charge in [0.1, 0.15) is 17.5 Å². The van der Waals surface area contributed by atoms with Crippen LogP contribution in [0, 0.1) is 5.82 Å². The number of carbonyl (C=O) groups excluding carboxylic acids is 1. The van der Waals surface area contributed by atoms with Crippen molar-refractivity contribution in [3.05, 3.63) is 52.2 Å². The van der Waals surface area contributed by atoms with Gasteiger partial charge in [0.05, 0.1) is 22.9 Å². The SMILES string of the molecule is COCc1cc(N2CCN(C(=O)c3ccc(F)cc3Cl)CC2)nc(C(C)(C)C)n1. The molecule has 0 unspecified atom stereocenters. The van der Waals surface area contributed by atoms with E-state index in [1.165, 1.54) is 12.1 Å². The molecule has 29 heavy (non-hydrogen) atoms. The van der Waals surface area contributed by atoms with Crippen LogP contribution in [-0.4, -0.2) is 54.1 Å². The Kier molecular flexibility index (Phi) is 6.39. The van der Waals surface area contributed by atoms with Crippen molar-refractivity contribution in [3.63, 3.8) is 0 Å². The van der Waals surface area contributed by atoms with Gasteiger partial charge in [0.2, 0.25) is 0 Å². The van der Waals surface area contributed by atoms with Crippen LogP contribution in [0.2, 0.25) is 5.02 Å². The maximum absolute atomic E-state index is 13.3. The number of ether oxygens (including phenoxy) is 1. The molecule has 3 rings (SSSR count). The Labute approximate surface area is 175 Å². The quantitative estimate of drug-likeness (QED) is 0.755. The molecule has 0 aliphatic carbocycles. The van der Waals surface area contributed by atoms with Gasteiger partial charge in [0, 0.05) is 44.8 Å². The molecular weight excluding hydrogens is 395 g/mol. The van der Waals surface area contributed by atoms with E-state index >= 15 is 0 Å². The van der Waals surface area contributed by atoms with E-state index in [2.05, 4.69) is 30.7 Å². The molecule has 2 aromatic rings. The lowest BCUT2D eigenvalue weighted by Crippen LogP contribution is -2.49. The zero-order chi connectivity index (χ0) is 21.2. The van der Waals surface area contributed by atoms with Gasteiger partial charge in [-0.15, -0.1) is 0 Å². The second kappa shape index (κ2) is 8.63. The minimum atomic E-state index is -0.457. The summed E-state index contributed by atoms with van der Waals surface area (Å²) >= 11 is 6.05. The van der Waals surface area contributed by atoms with Gasteiger partial charge in [-0.1, -0.05) is 32.4 Å². The van der Waals surface area contributed by atoms with Gasteiger partial charge in [-0.3, -0.25) is 4.79 Å². The number of rotatable bonds is 4. The van der Waals surface area contributed by atoms with Gasteiger partial charge in [0.15, 0.2) is 0 Å². The van der Waals surface area contributed by atoms with Crippen molar-refractivity contribution in [2.75, 3.05) is 38.2 Å². The Morgan fingerprint density at radius 1 is 1.17 bits per heavy atom. The number of hydrogen-bond acceptors (Lipinski definition) is 5. The second-order valence-electron chi connectivity index (χ2n) is 8.13. The molecule has 1 aliphatic heterocycles. The fraction of sp³-hybridized carbons (Fsp3) is 0.476. The highest BCUT2D eigenvalue weighted by atomic mass is 35.5. The van der Waals surface area contributed by atoms with Crippen molar-refractivity contribution in [2.45, 2.75) is 32.8 Å². The van der Waals surface area contributed by atoms with Crippen LogP contribution in [0.3, 0.4) is 0 Å². The van der Waals surface area contributed by atoms with Crippen LogP contribution in [-0.2, 0) is 16.8 Å².